The Kier molecular flexibility index (Phi) is 6.37. The Morgan fingerprint density at radius 1 is 1.40 bits per heavy atom. The Morgan fingerprint density at radius 3 is 2.83 bits per heavy atom. The number of halogens is 2. The Morgan fingerprint density at radius 2 is 2.20 bits per heavy atom. The van der Waals surface area contributed by atoms with Gasteiger partial charge in [0.25, 0.3) is 0 Å². The molecule has 1 aliphatic carbocycles. The first-order chi connectivity index (χ1) is 16.8. The van der Waals surface area contributed by atoms with Gasteiger partial charge < -0.3 is 15.2 Å². The summed E-state index contributed by atoms with van der Waals surface area (Å²) in [5, 5.41) is 15.6. The minimum Gasteiger partial charge on any atom is -0.480 e. The predicted octanol–water partition coefficient (Wildman–Crippen LogP) is 3.57. The van der Waals surface area contributed by atoms with Gasteiger partial charge in [-0.1, -0.05) is 11.6 Å². The number of esters is 1. The lowest BCUT2D eigenvalue weighted by molar-refractivity contribution is -0.142. The Hall–Kier alpha value is -2.82. The molecule has 0 radical (unpaired) electrons. The number of carbonyl (C=O) groups is 2. The van der Waals surface area contributed by atoms with E-state index in [0.717, 1.165) is 12.8 Å². The number of amidine groups is 1. The van der Waals surface area contributed by atoms with Crippen LogP contribution in [0.4, 0.5) is 4.39 Å². The molecule has 184 valence electrons. The number of thiazole rings is 1. The summed E-state index contributed by atoms with van der Waals surface area (Å²) < 4.78 is 19.2. The highest BCUT2D eigenvalue weighted by Crippen LogP contribution is 2.55. The topological polar surface area (TPSA) is 104 Å². The number of carboxylic acids is 1. The maximum atomic E-state index is 13.8. The van der Waals surface area contributed by atoms with E-state index in [-0.39, 0.29) is 29.2 Å². The second-order valence-corrected chi connectivity index (χ2v) is 10.4. The number of ether oxygens (including phenoxy) is 1. The van der Waals surface area contributed by atoms with Crippen LogP contribution in [0.1, 0.15) is 36.8 Å². The van der Waals surface area contributed by atoms with E-state index in [0.29, 0.717) is 35.1 Å². The number of aromatic nitrogens is 1. The van der Waals surface area contributed by atoms with Crippen LogP contribution in [0.2, 0.25) is 5.02 Å². The molecular formula is C24H24ClFN4O4S. The number of hydrogen-bond acceptors (Lipinski definition) is 8. The van der Waals surface area contributed by atoms with Crippen molar-refractivity contribution in [1.29, 1.82) is 0 Å². The summed E-state index contributed by atoms with van der Waals surface area (Å²) in [4.78, 5) is 36.3. The number of benzene rings is 1. The average molecular weight is 519 g/mol. The van der Waals surface area contributed by atoms with Crippen molar-refractivity contribution in [3.63, 3.8) is 0 Å². The summed E-state index contributed by atoms with van der Waals surface area (Å²) in [6.45, 7) is 2.70. The maximum Gasteiger partial charge on any atom is 0.338 e. The monoisotopic (exact) mass is 518 g/mol. The molecule has 11 heteroatoms. The fourth-order valence-corrected chi connectivity index (χ4v) is 5.73. The van der Waals surface area contributed by atoms with E-state index in [1.54, 1.807) is 18.5 Å². The molecule has 1 saturated carbocycles. The molecule has 1 saturated heterocycles. The molecule has 2 fully saturated rings. The van der Waals surface area contributed by atoms with Gasteiger partial charge in [0.15, 0.2) is 10.8 Å². The van der Waals surface area contributed by atoms with Crippen LogP contribution in [0.15, 0.2) is 40.3 Å². The van der Waals surface area contributed by atoms with Crippen LogP contribution in [0.25, 0.3) is 5.70 Å². The molecular weight excluding hydrogens is 495 g/mol. The first-order valence-corrected chi connectivity index (χ1v) is 12.6. The van der Waals surface area contributed by atoms with E-state index < -0.39 is 29.8 Å². The van der Waals surface area contributed by atoms with E-state index in [4.69, 9.17) is 21.3 Å². The van der Waals surface area contributed by atoms with Gasteiger partial charge in [-0.05, 0) is 49.8 Å². The number of aliphatic imine (C=N–C) groups is 1. The predicted molar refractivity (Wildman–Crippen MR) is 130 cm³/mol. The second-order valence-electron chi connectivity index (χ2n) is 9.08. The molecule has 2 aromatic rings. The third-order valence-corrected chi connectivity index (χ3v) is 7.81. The van der Waals surface area contributed by atoms with E-state index in [1.165, 1.54) is 29.5 Å². The number of rotatable bonds is 7. The van der Waals surface area contributed by atoms with E-state index in [2.05, 4.69) is 10.3 Å². The van der Waals surface area contributed by atoms with Gasteiger partial charge in [-0.15, -0.1) is 11.3 Å². The molecule has 2 unspecified atom stereocenters. The molecule has 1 aromatic carbocycles. The average Bonchev–Trinajstić information content (AvgIpc) is 3.19. The molecule has 0 bridgehead atoms. The summed E-state index contributed by atoms with van der Waals surface area (Å²) in [6, 6.07) is 2.56. The van der Waals surface area contributed by atoms with E-state index >= 15 is 0 Å². The van der Waals surface area contributed by atoms with Crippen LogP contribution < -0.4 is 5.32 Å². The van der Waals surface area contributed by atoms with Gasteiger partial charge in [0, 0.05) is 30.2 Å². The number of hydrogen-bond donors (Lipinski definition) is 2. The lowest BCUT2D eigenvalue weighted by atomic mass is 9.97. The lowest BCUT2D eigenvalue weighted by Crippen LogP contribution is -2.45. The standard InChI is InChI=1S/C24H24ClFN4O4S/c1-2-34-23(33)18-16(11-30-12-24(5-6-24)10-17(30)22(31)32)28-20(21-27-7-8-35-21)29-19(18)14-4-3-13(26)9-15(14)25/h3-4,7-9,16-17H,2,5-6,10-12H2,1H3,(H,28,29)(H,31,32). The summed E-state index contributed by atoms with van der Waals surface area (Å²) in [5.74, 6) is -1.54. The van der Waals surface area contributed by atoms with Gasteiger partial charge >= 0.3 is 11.9 Å². The number of carboxylic acid groups (broad SMARTS) is 1. The molecule has 8 nitrogen and oxygen atoms in total. The first-order valence-electron chi connectivity index (χ1n) is 11.4. The van der Waals surface area contributed by atoms with Gasteiger partial charge in [-0.2, -0.15) is 0 Å². The zero-order valence-electron chi connectivity index (χ0n) is 19.0. The summed E-state index contributed by atoms with van der Waals surface area (Å²) in [6.07, 6.45) is 4.24. The number of likely N-dealkylation sites (tertiary alicyclic amines) is 1. The van der Waals surface area contributed by atoms with E-state index in [1.807, 2.05) is 4.90 Å². The third-order valence-electron chi connectivity index (χ3n) is 6.72. The van der Waals surface area contributed by atoms with Crippen molar-refractivity contribution in [1.82, 2.24) is 15.2 Å². The van der Waals surface area contributed by atoms with Gasteiger partial charge in [0.1, 0.15) is 11.9 Å². The zero-order chi connectivity index (χ0) is 24.7. The van der Waals surface area contributed by atoms with Crippen LogP contribution >= 0.6 is 22.9 Å². The van der Waals surface area contributed by atoms with Crippen molar-refractivity contribution < 1.29 is 23.8 Å². The fourth-order valence-electron chi connectivity index (χ4n) is 4.88. The molecule has 0 amide bonds. The molecule has 2 aliphatic heterocycles. The number of nitrogens with zero attached hydrogens (tertiary/aromatic N) is 3. The van der Waals surface area contributed by atoms with Gasteiger partial charge in [-0.3, -0.25) is 14.7 Å². The SMILES string of the molecule is CCOC(=O)C1=C(c2ccc(F)cc2Cl)NC(c2nccs2)=NC1CN1CC2(CC2)CC1C(=O)O. The highest BCUT2D eigenvalue weighted by atomic mass is 35.5. The first kappa shape index (κ1) is 23.9. The number of carbonyl (C=O) groups excluding carboxylic acids is 1. The maximum absolute atomic E-state index is 13.8. The smallest absolute Gasteiger partial charge is 0.338 e. The Labute approximate surface area is 210 Å². The van der Waals surface area contributed by atoms with Gasteiger partial charge in [0.2, 0.25) is 0 Å². The van der Waals surface area contributed by atoms with Crippen molar-refractivity contribution in [2.75, 3.05) is 19.7 Å². The van der Waals surface area contributed by atoms with Crippen molar-refractivity contribution in [3.05, 3.63) is 56.8 Å². The minimum atomic E-state index is -0.879. The van der Waals surface area contributed by atoms with Gasteiger partial charge in [0.05, 0.1) is 28.9 Å². The Bertz CT molecular complexity index is 1230. The largest absolute Gasteiger partial charge is 0.480 e. The minimum absolute atomic E-state index is 0.0364. The quantitative estimate of drug-likeness (QED) is 0.540. The summed E-state index contributed by atoms with van der Waals surface area (Å²) >= 11 is 7.77. The van der Waals surface area contributed by atoms with Crippen LogP contribution in [-0.4, -0.2) is 64.5 Å². The van der Waals surface area contributed by atoms with E-state index in [9.17, 15) is 19.1 Å². The number of aliphatic carboxylic acids is 1. The molecule has 35 heavy (non-hydrogen) atoms. The fraction of sp³-hybridized carbons (Fsp3) is 0.417. The lowest BCUT2D eigenvalue weighted by Gasteiger charge is -2.31. The molecule has 2 N–H and O–H groups in total. The normalized spacial score (nSPS) is 23.2. The molecule has 1 aromatic heterocycles. The van der Waals surface area contributed by atoms with Crippen molar-refractivity contribution in [3.8, 4) is 0 Å². The van der Waals surface area contributed by atoms with Crippen molar-refractivity contribution in [2.24, 2.45) is 10.4 Å². The van der Waals surface area contributed by atoms with Gasteiger partial charge in [-0.25, -0.2) is 14.2 Å². The number of nitrogens with one attached hydrogen (secondary N) is 1. The zero-order valence-corrected chi connectivity index (χ0v) is 20.5. The highest BCUT2D eigenvalue weighted by molar-refractivity contribution is 7.11. The molecule has 2 atom stereocenters. The van der Waals surface area contributed by atoms with Crippen LogP contribution in [-0.2, 0) is 14.3 Å². The van der Waals surface area contributed by atoms with Crippen LogP contribution in [0.3, 0.4) is 0 Å². The molecule has 1 spiro atoms. The summed E-state index contributed by atoms with van der Waals surface area (Å²) in [7, 11) is 0. The van der Waals surface area contributed by atoms with Crippen molar-refractivity contribution >= 4 is 46.4 Å². The second kappa shape index (κ2) is 9.33. The Balaban J connectivity index is 1.61. The van der Waals surface area contributed by atoms with Crippen LogP contribution in [0, 0.1) is 11.2 Å². The van der Waals surface area contributed by atoms with Crippen molar-refractivity contribution in [2.45, 2.75) is 38.3 Å². The molecule has 5 rings (SSSR count). The third kappa shape index (κ3) is 4.70. The summed E-state index contributed by atoms with van der Waals surface area (Å²) in [5.41, 5.74) is 1.03. The van der Waals surface area contributed by atoms with Crippen LogP contribution in [0.5, 0.6) is 0 Å². The molecule has 3 heterocycles. The molecule has 3 aliphatic rings. The highest BCUT2D eigenvalue weighted by Gasteiger charge is 2.54.